The molecule has 3 N–H and O–H groups in total. The molecule has 0 spiro atoms. The summed E-state index contributed by atoms with van der Waals surface area (Å²) in [6.07, 6.45) is 0. The lowest BCUT2D eigenvalue weighted by atomic mass is 9.99. The van der Waals surface area contributed by atoms with Crippen molar-refractivity contribution in [2.75, 3.05) is 33.3 Å². The fourth-order valence-electron chi connectivity index (χ4n) is 4.28. The van der Waals surface area contributed by atoms with Crippen molar-refractivity contribution in [3.63, 3.8) is 0 Å². The van der Waals surface area contributed by atoms with E-state index in [-0.39, 0.29) is 11.7 Å². The number of nitrogens with one attached hydrogen (secondary N) is 3. The van der Waals surface area contributed by atoms with Crippen molar-refractivity contribution < 1.29 is 4.74 Å². The average Bonchev–Trinajstić information content (AvgIpc) is 3.05. The van der Waals surface area contributed by atoms with Crippen LogP contribution in [0.1, 0.15) is 5.56 Å². The predicted octanol–water partition coefficient (Wildman–Crippen LogP) is 1.90. The van der Waals surface area contributed by atoms with Crippen molar-refractivity contribution in [1.29, 1.82) is 0 Å². The highest BCUT2D eigenvalue weighted by molar-refractivity contribution is 6.07. The van der Waals surface area contributed by atoms with Gasteiger partial charge in [-0.1, -0.05) is 12.1 Å². The number of benzene rings is 2. The lowest BCUT2D eigenvalue weighted by Gasteiger charge is -2.36. The van der Waals surface area contributed by atoms with Crippen LogP contribution in [0.3, 0.4) is 0 Å². The van der Waals surface area contributed by atoms with Crippen LogP contribution in [0.4, 0.5) is 5.69 Å². The van der Waals surface area contributed by atoms with Crippen LogP contribution in [-0.4, -0.2) is 66.8 Å². The van der Waals surface area contributed by atoms with E-state index in [1.807, 2.05) is 30.3 Å². The molecule has 2 aliphatic heterocycles. The van der Waals surface area contributed by atoms with Gasteiger partial charge in [0.1, 0.15) is 18.2 Å². The molecular weight excluding hydrogens is 368 g/mol. The predicted molar refractivity (Wildman–Crippen MR) is 115 cm³/mol. The maximum atomic E-state index is 11.8. The van der Waals surface area contributed by atoms with Crippen LogP contribution in [-0.2, 0) is 0 Å². The van der Waals surface area contributed by atoms with E-state index >= 15 is 0 Å². The molecule has 2 aromatic carbocycles. The molecule has 1 fully saturated rings. The molecule has 3 aromatic rings. The quantitative estimate of drug-likeness (QED) is 0.582. The largest absolute Gasteiger partial charge is 0.491 e. The number of fused-ring (bicyclic) bond motifs is 3. The van der Waals surface area contributed by atoms with Gasteiger partial charge in [-0.05, 0) is 30.5 Å². The van der Waals surface area contributed by atoms with E-state index in [2.05, 4.69) is 36.9 Å². The van der Waals surface area contributed by atoms with Crippen LogP contribution in [0.25, 0.3) is 22.2 Å². The summed E-state index contributed by atoms with van der Waals surface area (Å²) >= 11 is 0. The normalized spacial score (nSPS) is 20.1. The number of nitrogens with zero attached hydrogens (tertiary/aromatic N) is 3. The summed E-state index contributed by atoms with van der Waals surface area (Å²) in [6.45, 7) is 6.96. The van der Waals surface area contributed by atoms with E-state index in [0.29, 0.717) is 12.3 Å². The first kappa shape index (κ1) is 17.7. The maximum Gasteiger partial charge on any atom is 0.323 e. The number of para-hydroxylation sites is 1. The zero-order valence-electron chi connectivity index (χ0n) is 16.2. The van der Waals surface area contributed by atoms with Crippen molar-refractivity contribution in [2.45, 2.75) is 6.04 Å². The number of piperazine rings is 1. The third kappa shape index (κ3) is 2.84. The summed E-state index contributed by atoms with van der Waals surface area (Å²) in [5.74, 6) is 1.61. The van der Waals surface area contributed by atoms with Crippen LogP contribution < -0.4 is 15.7 Å². The molecule has 8 nitrogen and oxygen atoms in total. The van der Waals surface area contributed by atoms with Crippen LogP contribution >= 0.6 is 0 Å². The van der Waals surface area contributed by atoms with Gasteiger partial charge in [0.05, 0.1) is 28.3 Å². The number of amidine groups is 1. The summed E-state index contributed by atoms with van der Waals surface area (Å²) in [5.41, 5.74) is 4.67. The Morgan fingerprint density at radius 1 is 1.28 bits per heavy atom. The number of aromatic nitrogens is 2. The van der Waals surface area contributed by atoms with E-state index in [0.717, 1.165) is 58.9 Å². The standard InChI is InChI=1S/C21H22N6O2/c1-22-16-8-12(14-4-3-5-15-19(14)26-21(28)25-15)9-17-18(16)20(23-2)27-7-6-24-10-13(27)11-29-17/h3-5,8-9,13,24H,1,6-7,10-11H2,2H3,(H2,25,26,28)/b23-20+/t13-/m0/s1. The topological polar surface area (TPSA) is 97.9 Å². The molecule has 0 amide bonds. The summed E-state index contributed by atoms with van der Waals surface area (Å²) in [4.78, 5) is 28.7. The number of ether oxygens (including phenoxy) is 1. The van der Waals surface area contributed by atoms with Gasteiger partial charge in [0.25, 0.3) is 0 Å². The van der Waals surface area contributed by atoms with Gasteiger partial charge in [-0.25, -0.2) is 4.79 Å². The third-order valence-corrected chi connectivity index (χ3v) is 5.60. The molecule has 1 aromatic heterocycles. The molecule has 0 saturated carbocycles. The van der Waals surface area contributed by atoms with Gasteiger partial charge in [-0.3, -0.25) is 9.98 Å². The fourth-order valence-corrected chi connectivity index (χ4v) is 4.28. The van der Waals surface area contributed by atoms with E-state index in [4.69, 9.17) is 4.74 Å². The van der Waals surface area contributed by atoms with Crippen LogP contribution in [0.2, 0.25) is 0 Å². The Morgan fingerprint density at radius 3 is 3.00 bits per heavy atom. The summed E-state index contributed by atoms with van der Waals surface area (Å²) in [5, 5.41) is 3.42. The average molecular weight is 390 g/mol. The zero-order chi connectivity index (χ0) is 20.0. The molecule has 2 aliphatic rings. The fraction of sp³-hybridized carbons (Fsp3) is 0.286. The second-order valence-electron chi connectivity index (χ2n) is 7.24. The Morgan fingerprint density at radius 2 is 2.17 bits per heavy atom. The zero-order valence-corrected chi connectivity index (χ0v) is 16.2. The second-order valence-corrected chi connectivity index (χ2v) is 7.24. The highest BCUT2D eigenvalue weighted by Gasteiger charge is 2.33. The van der Waals surface area contributed by atoms with Crippen molar-refractivity contribution in [2.24, 2.45) is 9.98 Å². The third-order valence-electron chi connectivity index (χ3n) is 5.60. The lowest BCUT2D eigenvalue weighted by Crippen LogP contribution is -2.55. The first-order valence-corrected chi connectivity index (χ1v) is 9.63. The number of hydrogen-bond acceptors (Lipinski definition) is 5. The molecule has 148 valence electrons. The SMILES string of the molecule is C=Nc1cc(-c2cccc3[nH]c(=O)[nH]c23)cc2c1/C(=N\C)N1CCNC[C@H]1CO2. The second kappa shape index (κ2) is 6.89. The van der Waals surface area contributed by atoms with Crippen molar-refractivity contribution in [1.82, 2.24) is 20.2 Å². The van der Waals surface area contributed by atoms with Crippen LogP contribution in [0.15, 0.2) is 45.1 Å². The summed E-state index contributed by atoms with van der Waals surface area (Å²) in [6, 6.07) is 9.94. The molecule has 29 heavy (non-hydrogen) atoms. The molecule has 3 heterocycles. The van der Waals surface area contributed by atoms with Crippen molar-refractivity contribution in [3.05, 3.63) is 46.4 Å². The molecule has 0 aliphatic carbocycles. The van der Waals surface area contributed by atoms with Gasteiger partial charge in [0.2, 0.25) is 0 Å². The van der Waals surface area contributed by atoms with Gasteiger partial charge in [-0.15, -0.1) is 0 Å². The Kier molecular flexibility index (Phi) is 4.21. The van der Waals surface area contributed by atoms with E-state index in [1.54, 1.807) is 7.05 Å². The number of aromatic amines is 2. The number of aliphatic imine (C=N–C) groups is 2. The van der Waals surface area contributed by atoms with Crippen LogP contribution in [0, 0.1) is 0 Å². The molecule has 0 bridgehead atoms. The van der Waals surface area contributed by atoms with Crippen molar-refractivity contribution >= 4 is 29.3 Å². The highest BCUT2D eigenvalue weighted by Crippen LogP contribution is 2.39. The van der Waals surface area contributed by atoms with E-state index < -0.39 is 0 Å². The van der Waals surface area contributed by atoms with Gasteiger partial charge < -0.3 is 24.9 Å². The van der Waals surface area contributed by atoms with E-state index in [9.17, 15) is 4.79 Å². The number of imidazole rings is 1. The minimum Gasteiger partial charge on any atom is -0.491 e. The first-order chi connectivity index (χ1) is 14.2. The summed E-state index contributed by atoms with van der Waals surface area (Å²) in [7, 11) is 1.80. The monoisotopic (exact) mass is 390 g/mol. The molecule has 0 unspecified atom stereocenters. The number of rotatable bonds is 2. The minimum absolute atomic E-state index is 0.209. The first-order valence-electron chi connectivity index (χ1n) is 9.63. The Labute approximate surface area is 167 Å². The number of H-pyrrole nitrogens is 2. The Bertz CT molecular complexity index is 1190. The molecule has 1 atom stereocenters. The molecule has 8 heteroatoms. The molecule has 0 radical (unpaired) electrons. The lowest BCUT2D eigenvalue weighted by molar-refractivity contribution is 0.180. The maximum absolute atomic E-state index is 11.8. The van der Waals surface area contributed by atoms with Gasteiger partial charge in [0, 0.05) is 32.2 Å². The Hall–Kier alpha value is -3.39. The molecule has 5 rings (SSSR count). The molecular formula is C21H22N6O2. The molecule has 1 saturated heterocycles. The number of hydrogen-bond donors (Lipinski definition) is 3. The Balaban J connectivity index is 1.71. The van der Waals surface area contributed by atoms with Crippen LogP contribution in [0.5, 0.6) is 5.75 Å². The minimum atomic E-state index is -0.231. The van der Waals surface area contributed by atoms with Gasteiger partial charge in [-0.2, -0.15) is 0 Å². The smallest absolute Gasteiger partial charge is 0.323 e. The van der Waals surface area contributed by atoms with E-state index in [1.165, 1.54) is 0 Å². The van der Waals surface area contributed by atoms with Crippen molar-refractivity contribution in [3.8, 4) is 16.9 Å². The highest BCUT2D eigenvalue weighted by atomic mass is 16.5. The summed E-state index contributed by atoms with van der Waals surface area (Å²) < 4.78 is 6.24. The van der Waals surface area contributed by atoms with Gasteiger partial charge in [0.15, 0.2) is 0 Å². The van der Waals surface area contributed by atoms with Gasteiger partial charge >= 0.3 is 5.69 Å².